The van der Waals surface area contributed by atoms with Crippen LogP contribution in [0.4, 0.5) is 10.5 Å². The number of amides is 2. The number of nitrogens with zero attached hydrogens (tertiary/aromatic N) is 3. The van der Waals surface area contributed by atoms with Gasteiger partial charge in [-0.1, -0.05) is 0 Å². The molecule has 3 heterocycles. The van der Waals surface area contributed by atoms with Crippen LogP contribution in [0.2, 0.25) is 0 Å². The molecule has 1 saturated heterocycles. The van der Waals surface area contributed by atoms with E-state index in [1.54, 1.807) is 12.3 Å². The second kappa shape index (κ2) is 6.37. The molecule has 0 saturated carbocycles. The van der Waals surface area contributed by atoms with E-state index in [0.29, 0.717) is 6.61 Å². The number of rotatable bonds is 3. The lowest BCUT2D eigenvalue weighted by Crippen LogP contribution is -2.39. The Morgan fingerprint density at radius 3 is 2.96 bits per heavy atom. The minimum atomic E-state index is -0.238. The number of nitrogens with one attached hydrogen (secondary N) is 2. The largest absolute Gasteiger partial charge is 0.371 e. The number of aromatic nitrogens is 3. The van der Waals surface area contributed by atoms with Gasteiger partial charge in [0.2, 0.25) is 0 Å². The minimum absolute atomic E-state index is 0.0687. The van der Waals surface area contributed by atoms with Crippen LogP contribution in [-0.4, -0.2) is 33.4 Å². The number of ether oxygens (including phenoxy) is 1. The van der Waals surface area contributed by atoms with Gasteiger partial charge in [-0.25, -0.2) is 4.79 Å². The van der Waals surface area contributed by atoms with E-state index in [4.69, 9.17) is 4.74 Å². The van der Waals surface area contributed by atoms with Crippen molar-refractivity contribution < 1.29 is 9.53 Å². The second-order valence-corrected chi connectivity index (χ2v) is 5.78. The van der Waals surface area contributed by atoms with Crippen LogP contribution in [0.15, 0.2) is 24.5 Å². The van der Waals surface area contributed by atoms with Crippen molar-refractivity contribution in [1.82, 2.24) is 20.1 Å². The number of pyridine rings is 1. The van der Waals surface area contributed by atoms with Crippen molar-refractivity contribution in [3.05, 3.63) is 41.5 Å². The molecule has 1 aliphatic heterocycles. The van der Waals surface area contributed by atoms with Crippen molar-refractivity contribution in [3.8, 4) is 0 Å². The van der Waals surface area contributed by atoms with Gasteiger partial charge in [-0.05, 0) is 32.4 Å². The normalized spacial score (nSPS) is 20.5. The van der Waals surface area contributed by atoms with E-state index in [1.165, 1.54) is 0 Å². The third-order valence-electron chi connectivity index (χ3n) is 4.14. The molecule has 0 aliphatic carbocycles. The summed E-state index contributed by atoms with van der Waals surface area (Å²) in [5.41, 5.74) is 3.66. The van der Waals surface area contributed by atoms with E-state index in [9.17, 15) is 4.79 Å². The number of hydrogen-bond donors (Lipinski definition) is 2. The van der Waals surface area contributed by atoms with Crippen LogP contribution in [0.5, 0.6) is 0 Å². The summed E-state index contributed by atoms with van der Waals surface area (Å²) in [5, 5.41) is 10.1. The maximum atomic E-state index is 12.2. The van der Waals surface area contributed by atoms with Gasteiger partial charge in [0, 0.05) is 42.5 Å². The minimum Gasteiger partial charge on any atom is -0.371 e. The fraction of sp³-hybridized carbons (Fsp3) is 0.438. The number of anilines is 1. The van der Waals surface area contributed by atoms with Crippen LogP contribution in [0, 0.1) is 13.8 Å². The van der Waals surface area contributed by atoms with Crippen molar-refractivity contribution in [1.29, 1.82) is 0 Å². The Bertz CT molecular complexity index is 712. The monoisotopic (exact) mass is 315 g/mol. The Morgan fingerprint density at radius 2 is 2.26 bits per heavy atom. The Labute approximate surface area is 135 Å². The van der Waals surface area contributed by atoms with E-state index < -0.39 is 0 Å². The number of hydrogen-bond acceptors (Lipinski definition) is 4. The Morgan fingerprint density at radius 1 is 1.43 bits per heavy atom. The van der Waals surface area contributed by atoms with Crippen molar-refractivity contribution in [2.45, 2.75) is 32.4 Å². The van der Waals surface area contributed by atoms with Crippen LogP contribution in [-0.2, 0) is 11.8 Å². The zero-order chi connectivity index (χ0) is 16.4. The molecule has 1 aliphatic rings. The number of aryl methyl sites for hydroxylation is 2. The standard InChI is InChI=1S/C16H21N5O2/c1-10-8-12(4-6-17-10)19-16(22)20-14-5-7-23-15(14)13-9-18-21(3)11(13)2/h4,6,8-9,14-15H,5,7H2,1-3H3,(H2,17,19,20,22)/t14-,15+/m0/s1. The Balaban J connectivity index is 1.66. The van der Waals surface area contributed by atoms with Crippen LogP contribution in [0.1, 0.15) is 29.5 Å². The molecule has 7 heteroatoms. The maximum Gasteiger partial charge on any atom is 0.319 e. The Hall–Kier alpha value is -2.41. The summed E-state index contributed by atoms with van der Waals surface area (Å²) in [7, 11) is 1.90. The fourth-order valence-electron chi connectivity index (χ4n) is 2.80. The zero-order valence-electron chi connectivity index (χ0n) is 13.5. The highest BCUT2D eigenvalue weighted by atomic mass is 16.5. The lowest BCUT2D eigenvalue weighted by molar-refractivity contribution is 0.0998. The second-order valence-electron chi connectivity index (χ2n) is 5.78. The lowest BCUT2D eigenvalue weighted by Gasteiger charge is -2.20. The summed E-state index contributed by atoms with van der Waals surface area (Å²) in [4.78, 5) is 16.3. The SMILES string of the molecule is Cc1cc(NC(=O)N[C@H]2CCO[C@@H]2c2cnn(C)c2C)ccn1. The molecule has 0 spiro atoms. The first kappa shape index (κ1) is 15.5. The predicted molar refractivity (Wildman–Crippen MR) is 86.2 cm³/mol. The smallest absolute Gasteiger partial charge is 0.319 e. The van der Waals surface area contributed by atoms with E-state index in [1.807, 2.05) is 37.8 Å². The summed E-state index contributed by atoms with van der Waals surface area (Å²) in [5.74, 6) is 0. The maximum absolute atomic E-state index is 12.2. The lowest BCUT2D eigenvalue weighted by atomic mass is 10.0. The molecule has 2 aromatic heterocycles. The average Bonchev–Trinajstić information content (AvgIpc) is 3.07. The van der Waals surface area contributed by atoms with Gasteiger partial charge in [-0.15, -0.1) is 0 Å². The molecular weight excluding hydrogens is 294 g/mol. The van der Waals surface area contributed by atoms with Crippen LogP contribution in [0.3, 0.4) is 0 Å². The van der Waals surface area contributed by atoms with Crippen LogP contribution in [0.25, 0.3) is 0 Å². The van der Waals surface area contributed by atoms with E-state index in [2.05, 4.69) is 20.7 Å². The summed E-state index contributed by atoms with van der Waals surface area (Å²) in [6.07, 6.45) is 4.10. The van der Waals surface area contributed by atoms with E-state index >= 15 is 0 Å². The summed E-state index contributed by atoms with van der Waals surface area (Å²) < 4.78 is 7.62. The quantitative estimate of drug-likeness (QED) is 0.908. The van der Waals surface area contributed by atoms with Crippen molar-refractivity contribution in [2.24, 2.45) is 7.05 Å². The molecular formula is C16H21N5O2. The number of carbonyl (C=O) groups is 1. The molecule has 2 atom stereocenters. The highest BCUT2D eigenvalue weighted by Crippen LogP contribution is 2.30. The molecule has 0 unspecified atom stereocenters. The fourth-order valence-corrected chi connectivity index (χ4v) is 2.80. The molecule has 23 heavy (non-hydrogen) atoms. The third-order valence-corrected chi connectivity index (χ3v) is 4.14. The first-order valence-electron chi connectivity index (χ1n) is 7.65. The van der Waals surface area contributed by atoms with Gasteiger partial charge in [0.25, 0.3) is 0 Å². The van der Waals surface area contributed by atoms with Gasteiger partial charge in [0.05, 0.1) is 12.2 Å². The van der Waals surface area contributed by atoms with Crippen molar-refractivity contribution in [2.75, 3.05) is 11.9 Å². The highest BCUT2D eigenvalue weighted by molar-refractivity contribution is 5.89. The third kappa shape index (κ3) is 3.34. The number of carbonyl (C=O) groups excluding carboxylic acids is 1. The molecule has 122 valence electrons. The van der Waals surface area contributed by atoms with Gasteiger partial charge in [0.15, 0.2) is 0 Å². The van der Waals surface area contributed by atoms with E-state index in [-0.39, 0.29) is 18.2 Å². The predicted octanol–water partition coefficient (Wildman–Crippen LogP) is 2.08. The van der Waals surface area contributed by atoms with Gasteiger partial charge in [0.1, 0.15) is 6.10 Å². The molecule has 0 radical (unpaired) electrons. The van der Waals surface area contributed by atoms with Gasteiger partial charge < -0.3 is 15.4 Å². The molecule has 7 nitrogen and oxygen atoms in total. The van der Waals surface area contributed by atoms with Gasteiger partial charge in [-0.2, -0.15) is 5.10 Å². The van der Waals surface area contributed by atoms with Crippen molar-refractivity contribution in [3.63, 3.8) is 0 Å². The van der Waals surface area contributed by atoms with E-state index in [0.717, 1.165) is 29.1 Å². The first-order valence-corrected chi connectivity index (χ1v) is 7.65. The van der Waals surface area contributed by atoms with Crippen molar-refractivity contribution >= 4 is 11.7 Å². The summed E-state index contributed by atoms with van der Waals surface area (Å²) >= 11 is 0. The summed E-state index contributed by atoms with van der Waals surface area (Å²) in [6, 6.07) is 3.28. The van der Waals surface area contributed by atoms with Crippen LogP contribution < -0.4 is 10.6 Å². The molecule has 0 bridgehead atoms. The molecule has 1 fully saturated rings. The topological polar surface area (TPSA) is 81.1 Å². The molecule has 2 amide bonds. The molecule has 0 aromatic carbocycles. The highest BCUT2D eigenvalue weighted by Gasteiger charge is 2.33. The van der Waals surface area contributed by atoms with Crippen LogP contribution >= 0.6 is 0 Å². The molecule has 2 N–H and O–H groups in total. The summed E-state index contributed by atoms with van der Waals surface area (Å²) in [6.45, 7) is 4.51. The zero-order valence-corrected chi connectivity index (χ0v) is 13.5. The average molecular weight is 315 g/mol. The van der Waals surface area contributed by atoms with Gasteiger partial charge >= 0.3 is 6.03 Å². The Kier molecular flexibility index (Phi) is 4.29. The first-order chi connectivity index (χ1) is 11.0. The molecule has 3 rings (SSSR count). The number of urea groups is 1. The van der Waals surface area contributed by atoms with Gasteiger partial charge in [-0.3, -0.25) is 9.67 Å². The molecule has 2 aromatic rings.